The minimum atomic E-state index is -0.387. The van der Waals surface area contributed by atoms with Crippen LogP contribution in [-0.4, -0.2) is 23.8 Å². The Kier molecular flexibility index (Phi) is 2.13. The fourth-order valence-electron chi connectivity index (χ4n) is 2.48. The normalized spacial score (nSPS) is 36.0. The molecule has 2 rings (SSSR count). The van der Waals surface area contributed by atoms with Crippen molar-refractivity contribution >= 4 is 0 Å². The van der Waals surface area contributed by atoms with E-state index in [1.54, 1.807) is 0 Å². The SMILES string of the molecule is CC(O)(C1CCC1)C1CCNC1. The van der Waals surface area contributed by atoms with Crippen LogP contribution in [0.15, 0.2) is 0 Å². The predicted octanol–water partition coefficient (Wildman–Crippen LogP) is 1.15. The molecule has 12 heavy (non-hydrogen) atoms. The van der Waals surface area contributed by atoms with E-state index in [-0.39, 0.29) is 5.60 Å². The molecule has 1 aliphatic carbocycles. The Morgan fingerprint density at radius 3 is 2.42 bits per heavy atom. The molecule has 0 radical (unpaired) electrons. The van der Waals surface area contributed by atoms with Crippen molar-refractivity contribution in [3.05, 3.63) is 0 Å². The summed E-state index contributed by atoms with van der Waals surface area (Å²) in [5.41, 5.74) is -0.387. The molecule has 0 aromatic rings. The standard InChI is InChI=1S/C10H19NO/c1-10(12,8-3-2-4-8)9-5-6-11-7-9/h8-9,11-12H,2-7H2,1H3. The number of nitrogens with one attached hydrogen (secondary N) is 1. The molecule has 0 amide bonds. The summed E-state index contributed by atoms with van der Waals surface area (Å²) in [6, 6.07) is 0. The van der Waals surface area contributed by atoms with Crippen molar-refractivity contribution in [1.29, 1.82) is 0 Å². The van der Waals surface area contributed by atoms with Gasteiger partial charge in [0, 0.05) is 12.5 Å². The maximum atomic E-state index is 10.3. The van der Waals surface area contributed by atoms with Crippen molar-refractivity contribution in [3.63, 3.8) is 0 Å². The van der Waals surface area contributed by atoms with Crippen molar-refractivity contribution < 1.29 is 5.11 Å². The lowest BCUT2D eigenvalue weighted by atomic mass is 9.68. The van der Waals surface area contributed by atoms with Gasteiger partial charge < -0.3 is 10.4 Å². The Hall–Kier alpha value is -0.0800. The van der Waals surface area contributed by atoms with E-state index in [1.807, 2.05) is 6.92 Å². The largest absolute Gasteiger partial charge is 0.390 e. The summed E-state index contributed by atoms with van der Waals surface area (Å²) in [7, 11) is 0. The summed E-state index contributed by atoms with van der Waals surface area (Å²) in [6.07, 6.45) is 4.96. The van der Waals surface area contributed by atoms with Gasteiger partial charge in [0.2, 0.25) is 0 Å². The minimum absolute atomic E-state index is 0.387. The summed E-state index contributed by atoms with van der Waals surface area (Å²) in [4.78, 5) is 0. The molecule has 2 nitrogen and oxygen atoms in total. The summed E-state index contributed by atoms with van der Waals surface area (Å²) in [5, 5.41) is 13.6. The van der Waals surface area contributed by atoms with Gasteiger partial charge in [-0.15, -0.1) is 0 Å². The lowest BCUT2D eigenvalue weighted by Crippen LogP contribution is -2.46. The van der Waals surface area contributed by atoms with E-state index in [1.165, 1.54) is 19.3 Å². The smallest absolute Gasteiger partial charge is 0.0688 e. The average molecular weight is 169 g/mol. The van der Waals surface area contributed by atoms with Gasteiger partial charge in [0.05, 0.1) is 5.60 Å². The van der Waals surface area contributed by atoms with Crippen molar-refractivity contribution in [2.75, 3.05) is 13.1 Å². The van der Waals surface area contributed by atoms with E-state index in [0.717, 1.165) is 19.5 Å². The van der Waals surface area contributed by atoms with Gasteiger partial charge in [-0.05, 0) is 38.6 Å². The van der Waals surface area contributed by atoms with E-state index in [2.05, 4.69) is 5.32 Å². The van der Waals surface area contributed by atoms with Crippen LogP contribution in [0, 0.1) is 11.8 Å². The zero-order valence-corrected chi connectivity index (χ0v) is 7.84. The average Bonchev–Trinajstić information content (AvgIpc) is 2.30. The summed E-state index contributed by atoms with van der Waals surface area (Å²) in [5.74, 6) is 1.09. The highest BCUT2D eigenvalue weighted by Crippen LogP contribution is 2.41. The molecule has 2 fully saturated rings. The van der Waals surface area contributed by atoms with Crippen LogP contribution >= 0.6 is 0 Å². The van der Waals surface area contributed by atoms with E-state index in [9.17, 15) is 5.11 Å². The highest BCUT2D eigenvalue weighted by molar-refractivity contribution is 4.95. The van der Waals surface area contributed by atoms with E-state index >= 15 is 0 Å². The topological polar surface area (TPSA) is 32.3 Å². The van der Waals surface area contributed by atoms with Gasteiger partial charge in [0.15, 0.2) is 0 Å². The quantitative estimate of drug-likeness (QED) is 0.650. The molecule has 1 heterocycles. The second-order valence-corrected chi connectivity index (χ2v) is 4.54. The van der Waals surface area contributed by atoms with Gasteiger partial charge in [0.25, 0.3) is 0 Å². The second-order valence-electron chi connectivity index (χ2n) is 4.54. The van der Waals surface area contributed by atoms with Gasteiger partial charge in [-0.2, -0.15) is 0 Å². The second kappa shape index (κ2) is 3.00. The van der Waals surface area contributed by atoms with Gasteiger partial charge in [0.1, 0.15) is 0 Å². The van der Waals surface area contributed by atoms with Crippen LogP contribution in [0.25, 0.3) is 0 Å². The fourth-order valence-corrected chi connectivity index (χ4v) is 2.48. The molecule has 2 aliphatic rings. The first kappa shape index (κ1) is 8.52. The fraction of sp³-hybridized carbons (Fsp3) is 1.00. The lowest BCUT2D eigenvalue weighted by molar-refractivity contribution is -0.0750. The molecule has 0 spiro atoms. The maximum Gasteiger partial charge on any atom is 0.0688 e. The first-order chi connectivity index (χ1) is 5.71. The lowest BCUT2D eigenvalue weighted by Gasteiger charge is -2.42. The molecule has 2 N–H and O–H groups in total. The maximum absolute atomic E-state index is 10.3. The van der Waals surface area contributed by atoms with Gasteiger partial charge >= 0.3 is 0 Å². The Balaban J connectivity index is 1.97. The molecule has 1 saturated heterocycles. The summed E-state index contributed by atoms with van der Waals surface area (Å²) < 4.78 is 0. The monoisotopic (exact) mass is 169 g/mol. The Morgan fingerprint density at radius 2 is 2.00 bits per heavy atom. The molecule has 1 saturated carbocycles. The molecule has 0 aromatic carbocycles. The van der Waals surface area contributed by atoms with E-state index < -0.39 is 0 Å². The molecule has 70 valence electrons. The third-order valence-electron chi connectivity index (χ3n) is 3.82. The first-order valence-electron chi connectivity index (χ1n) is 5.14. The van der Waals surface area contributed by atoms with E-state index in [4.69, 9.17) is 0 Å². The van der Waals surface area contributed by atoms with Crippen molar-refractivity contribution in [1.82, 2.24) is 5.32 Å². The summed E-state index contributed by atoms with van der Waals surface area (Å²) >= 11 is 0. The van der Waals surface area contributed by atoms with Gasteiger partial charge in [-0.3, -0.25) is 0 Å². The highest BCUT2D eigenvalue weighted by Gasteiger charge is 2.42. The molecular formula is C10H19NO. The Labute approximate surface area is 74.4 Å². The third kappa shape index (κ3) is 1.27. The molecule has 2 atom stereocenters. The molecule has 2 heteroatoms. The molecule has 1 aliphatic heterocycles. The van der Waals surface area contributed by atoms with Crippen LogP contribution in [0.4, 0.5) is 0 Å². The number of aliphatic hydroxyl groups is 1. The zero-order chi connectivity index (χ0) is 8.60. The van der Waals surface area contributed by atoms with Gasteiger partial charge in [-0.25, -0.2) is 0 Å². The van der Waals surface area contributed by atoms with Crippen molar-refractivity contribution in [2.45, 2.75) is 38.2 Å². The van der Waals surface area contributed by atoms with Crippen LogP contribution in [0.3, 0.4) is 0 Å². The number of hydrogen-bond donors (Lipinski definition) is 2. The molecular weight excluding hydrogens is 150 g/mol. The van der Waals surface area contributed by atoms with Gasteiger partial charge in [-0.1, -0.05) is 6.42 Å². The van der Waals surface area contributed by atoms with Crippen LogP contribution in [0.1, 0.15) is 32.6 Å². The Morgan fingerprint density at radius 1 is 1.25 bits per heavy atom. The Bertz CT molecular complexity index is 157. The third-order valence-corrected chi connectivity index (χ3v) is 3.82. The van der Waals surface area contributed by atoms with Crippen LogP contribution in [-0.2, 0) is 0 Å². The van der Waals surface area contributed by atoms with Crippen LogP contribution in [0.5, 0.6) is 0 Å². The van der Waals surface area contributed by atoms with Crippen molar-refractivity contribution in [3.8, 4) is 0 Å². The number of hydrogen-bond acceptors (Lipinski definition) is 2. The van der Waals surface area contributed by atoms with Crippen LogP contribution < -0.4 is 5.32 Å². The van der Waals surface area contributed by atoms with E-state index in [0.29, 0.717) is 11.8 Å². The molecule has 2 unspecified atom stereocenters. The zero-order valence-electron chi connectivity index (χ0n) is 7.84. The van der Waals surface area contributed by atoms with Crippen molar-refractivity contribution in [2.24, 2.45) is 11.8 Å². The summed E-state index contributed by atoms with van der Waals surface area (Å²) in [6.45, 7) is 4.14. The predicted molar refractivity (Wildman–Crippen MR) is 48.9 cm³/mol. The number of rotatable bonds is 2. The molecule has 0 bridgehead atoms. The van der Waals surface area contributed by atoms with Crippen LogP contribution in [0.2, 0.25) is 0 Å². The minimum Gasteiger partial charge on any atom is -0.390 e. The molecule has 0 aromatic heterocycles. The highest BCUT2D eigenvalue weighted by atomic mass is 16.3. The first-order valence-corrected chi connectivity index (χ1v) is 5.14.